The van der Waals surface area contributed by atoms with Crippen LogP contribution in [-0.2, 0) is 11.3 Å². The first-order chi connectivity index (χ1) is 10.0. The Labute approximate surface area is 135 Å². The van der Waals surface area contributed by atoms with Crippen molar-refractivity contribution in [2.24, 2.45) is 0 Å². The summed E-state index contributed by atoms with van der Waals surface area (Å²) >= 11 is 3.56. The highest BCUT2D eigenvalue weighted by atomic mass is 79.9. The number of anilines is 1. The van der Waals surface area contributed by atoms with Gasteiger partial charge in [0.05, 0.1) is 12.2 Å². The molecule has 0 aromatic heterocycles. The predicted octanol–water partition coefficient (Wildman–Crippen LogP) is 2.54. The maximum atomic E-state index is 10.1. The largest absolute Gasteiger partial charge is 0.390 e. The molecule has 2 rings (SSSR count). The minimum absolute atomic E-state index is 0.514. The van der Waals surface area contributed by atoms with Gasteiger partial charge in [-0.1, -0.05) is 22.0 Å². The average Bonchev–Trinajstić information content (AvgIpc) is 2.45. The Kier molecular flexibility index (Phi) is 6.05. The monoisotopic (exact) mass is 356 g/mol. The van der Waals surface area contributed by atoms with E-state index in [9.17, 15) is 5.11 Å². The van der Waals surface area contributed by atoms with E-state index in [1.165, 1.54) is 11.3 Å². The van der Waals surface area contributed by atoms with Gasteiger partial charge in [-0.3, -0.25) is 0 Å². The quantitative estimate of drug-likeness (QED) is 0.768. The standard InChI is InChI=1S/C16H25BrN2O2/c1-16(20)5-8-19(9-6-16)15-11-14(17)4-3-13(15)12-18-7-10-21-2/h3-4,11,18,20H,5-10,12H2,1-2H3. The van der Waals surface area contributed by atoms with Crippen molar-refractivity contribution in [3.8, 4) is 0 Å². The Morgan fingerprint density at radius 2 is 2.10 bits per heavy atom. The van der Waals surface area contributed by atoms with Gasteiger partial charge in [0.1, 0.15) is 0 Å². The first-order valence-corrected chi connectivity index (χ1v) is 8.26. The van der Waals surface area contributed by atoms with E-state index in [4.69, 9.17) is 4.74 Å². The third kappa shape index (κ3) is 4.95. The van der Waals surface area contributed by atoms with E-state index in [-0.39, 0.29) is 0 Å². The topological polar surface area (TPSA) is 44.7 Å². The normalized spacial score (nSPS) is 18.0. The zero-order valence-electron chi connectivity index (χ0n) is 12.9. The van der Waals surface area contributed by atoms with Crippen LogP contribution < -0.4 is 10.2 Å². The molecule has 0 aliphatic carbocycles. The molecule has 21 heavy (non-hydrogen) atoms. The van der Waals surface area contributed by atoms with Crippen LogP contribution in [0.1, 0.15) is 25.3 Å². The smallest absolute Gasteiger partial charge is 0.0653 e. The van der Waals surface area contributed by atoms with Crippen molar-refractivity contribution in [2.75, 3.05) is 38.3 Å². The van der Waals surface area contributed by atoms with Gasteiger partial charge in [0.25, 0.3) is 0 Å². The van der Waals surface area contributed by atoms with Crippen molar-refractivity contribution >= 4 is 21.6 Å². The molecule has 4 nitrogen and oxygen atoms in total. The molecule has 1 aromatic carbocycles. The van der Waals surface area contributed by atoms with Gasteiger partial charge in [-0.2, -0.15) is 0 Å². The number of nitrogens with zero attached hydrogens (tertiary/aromatic N) is 1. The Hall–Kier alpha value is -0.620. The Morgan fingerprint density at radius 1 is 1.38 bits per heavy atom. The van der Waals surface area contributed by atoms with Crippen molar-refractivity contribution < 1.29 is 9.84 Å². The van der Waals surface area contributed by atoms with E-state index in [0.717, 1.165) is 50.1 Å². The van der Waals surface area contributed by atoms with Crippen LogP contribution in [0.4, 0.5) is 5.69 Å². The van der Waals surface area contributed by atoms with E-state index in [1.807, 2.05) is 6.92 Å². The fraction of sp³-hybridized carbons (Fsp3) is 0.625. The van der Waals surface area contributed by atoms with Gasteiger partial charge in [0.2, 0.25) is 0 Å². The number of halogens is 1. The number of hydrogen-bond acceptors (Lipinski definition) is 4. The summed E-state index contributed by atoms with van der Waals surface area (Å²) in [6.07, 6.45) is 1.63. The number of nitrogens with one attached hydrogen (secondary N) is 1. The molecule has 1 aromatic rings. The third-order valence-electron chi connectivity index (χ3n) is 4.03. The molecule has 0 spiro atoms. The summed E-state index contributed by atoms with van der Waals surface area (Å²) in [4.78, 5) is 2.37. The van der Waals surface area contributed by atoms with E-state index in [0.29, 0.717) is 0 Å². The van der Waals surface area contributed by atoms with Crippen LogP contribution in [0.25, 0.3) is 0 Å². The minimum atomic E-state index is -0.514. The summed E-state index contributed by atoms with van der Waals surface area (Å²) in [5.74, 6) is 0. The molecule has 1 heterocycles. The highest BCUT2D eigenvalue weighted by molar-refractivity contribution is 9.10. The summed E-state index contributed by atoms with van der Waals surface area (Å²) in [7, 11) is 1.71. The number of hydrogen-bond donors (Lipinski definition) is 2. The molecule has 118 valence electrons. The average molecular weight is 357 g/mol. The number of benzene rings is 1. The lowest BCUT2D eigenvalue weighted by molar-refractivity contribution is 0.0351. The zero-order chi connectivity index (χ0) is 15.3. The Morgan fingerprint density at radius 3 is 2.76 bits per heavy atom. The number of rotatable bonds is 6. The molecule has 1 aliphatic heterocycles. The van der Waals surface area contributed by atoms with Crippen LogP contribution in [0.15, 0.2) is 22.7 Å². The number of methoxy groups -OCH3 is 1. The Bertz CT molecular complexity index is 456. The summed E-state index contributed by atoms with van der Waals surface area (Å²) in [6, 6.07) is 6.41. The molecule has 1 fully saturated rings. The first kappa shape index (κ1) is 16.7. The fourth-order valence-electron chi connectivity index (χ4n) is 2.61. The van der Waals surface area contributed by atoms with Gasteiger partial charge in [-0.05, 0) is 37.5 Å². The van der Waals surface area contributed by atoms with E-state index >= 15 is 0 Å². The van der Waals surface area contributed by atoms with Crippen LogP contribution in [0.2, 0.25) is 0 Å². The first-order valence-electron chi connectivity index (χ1n) is 7.47. The number of aliphatic hydroxyl groups is 1. The molecule has 0 saturated carbocycles. The molecule has 0 unspecified atom stereocenters. The van der Waals surface area contributed by atoms with Gasteiger partial charge < -0.3 is 20.1 Å². The molecule has 5 heteroatoms. The van der Waals surface area contributed by atoms with Crippen molar-refractivity contribution in [1.29, 1.82) is 0 Å². The van der Waals surface area contributed by atoms with Crippen LogP contribution in [0, 0.1) is 0 Å². The molecule has 0 amide bonds. The summed E-state index contributed by atoms with van der Waals surface area (Å²) in [5, 5.41) is 13.5. The second-order valence-electron chi connectivity index (χ2n) is 5.93. The molecule has 0 radical (unpaired) electrons. The van der Waals surface area contributed by atoms with Gasteiger partial charge in [0, 0.05) is 43.4 Å². The SMILES string of the molecule is COCCNCc1ccc(Br)cc1N1CCC(C)(O)CC1. The van der Waals surface area contributed by atoms with Crippen molar-refractivity contribution in [2.45, 2.75) is 31.9 Å². The van der Waals surface area contributed by atoms with Gasteiger partial charge in [0.15, 0.2) is 0 Å². The molecule has 0 bridgehead atoms. The number of ether oxygens (including phenoxy) is 1. The maximum Gasteiger partial charge on any atom is 0.0653 e. The summed E-state index contributed by atoms with van der Waals surface area (Å²) in [6.45, 7) is 6.12. The second-order valence-corrected chi connectivity index (χ2v) is 6.84. The molecule has 1 saturated heterocycles. The molecule has 0 atom stereocenters. The lowest BCUT2D eigenvalue weighted by Crippen LogP contribution is -2.43. The van der Waals surface area contributed by atoms with Crippen LogP contribution in [0.5, 0.6) is 0 Å². The van der Waals surface area contributed by atoms with Crippen molar-refractivity contribution in [1.82, 2.24) is 5.32 Å². The van der Waals surface area contributed by atoms with E-state index in [1.54, 1.807) is 7.11 Å². The van der Waals surface area contributed by atoms with Crippen LogP contribution in [-0.4, -0.2) is 44.1 Å². The van der Waals surface area contributed by atoms with E-state index in [2.05, 4.69) is 44.3 Å². The third-order valence-corrected chi connectivity index (χ3v) is 4.52. The zero-order valence-corrected chi connectivity index (χ0v) is 14.4. The highest BCUT2D eigenvalue weighted by Crippen LogP contribution is 2.30. The lowest BCUT2D eigenvalue weighted by atomic mass is 9.93. The predicted molar refractivity (Wildman–Crippen MR) is 89.8 cm³/mol. The highest BCUT2D eigenvalue weighted by Gasteiger charge is 2.28. The maximum absolute atomic E-state index is 10.1. The van der Waals surface area contributed by atoms with Gasteiger partial charge >= 0.3 is 0 Å². The minimum Gasteiger partial charge on any atom is -0.390 e. The molecule has 2 N–H and O–H groups in total. The molecular weight excluding hydrogens is 332 g/mol. The van der Waals surface area contributed by atoms with Crippen LogP contribution >= 0.6 is 15.9 Å². The van der Waals surface area contributed by atoms with E-state index < -0.39 is 5.60 Å². The van der Waals surface area contributed by atoms with Crippen molar-refractivity contribution in [3.63, 3.8) is 0 Å². The number of piperidine rings is 1. The van der Waals surface area contributed by atoms with Gasteiger partial charge in [-0.25, -0.2) is 0 Å². The van der Waals surface area contributed by atoms with Gasteiger partial charge in [-0.15, -0.1) is 0 Å². The van der Waals surface area contributed by atoms with Crippen LogP contribution in [0.3, 0.4) is 0 Å². The van der Waals surface area contributed by atoms with Crippen molar-refractivity contribution in [3.05, 3.63) is 28.2 Å². The lowest BCUT2D eigenvalue weighted by Gasteiger charge is -2.38. The summed E-state index contributed by atoms with van der Waals surface area (Å²) < 4.78 is 6.15. The molecule has 1 aliphatic rings. The molecular formula is C16H25BrN2O2. The Balaban J connectivity index is 2.05. The second kappa shape index (κ2) is 7.58. The fourth-order valence-corrected chi connectivity index (χ4v) is 2.96. The summed E-state index contributed by atoms with van der Waals surface area (Å²) in [5.41, 5.74) is 2.03.